The summed E-state index contributed by atoms with van der Waals surface area (Å²) in [7, 11) is 3.83. The number of rotatable bonds is 6. The maximum Gasteiger partial charge on any atom is 0.323 e. The molecule has 1 aromatic rings. The number of aryl methyl sites for hydroxylation is 2. The quantitative estimate of drug-likeness (QED) is 0.835. The number of anilines is 1. The second-order valence-corrected chi connectivity index (χ2v) is 5.01. The number of carboxylic acids is 1. The van der Waals surface area contributed by atoms with Crippen molar-refractivity contribution in [2.45, 2.75) is 13.8 Å². The Morgan fingerprint density at radius 2 is 2.05 bits per heavy atom. The average Bonchev–Trinajstić information content (AvgIpc) is 2.33. The van der Waals surface area contributed by atoms with Crippen molar-refractivity contribution < 1.29 is 9.90 Å². The van der Waals surface area contributed by atoms with Gasteiger partial charge in [-0.2, -0.15) is 5.26 Å². The lowest BCUT2D eigenvalue weighted by molar-refractivity contribution is -0.135. The third-order valence-electron chi connectivity index (χ3n) is 2.88. The number of nitriles is 1. The van der Waals surface area contributed by atoms with Crippen LogP contribution in [0.5, 0.6) is 0 Å². The SMILES string of the molecule is Cc1cc(C)c(C#N)c(N(CCN(C)C)CC(=O)O)n1. The predicted molar refractivity (Wildman–Crippen MR) is 76.8 cm³/mol. The first-order valence-corrected chi connectivity index (χ1v) is 6.35. The van der Waals surface area contributed by atoms with E-state index in [2.05, 4.69) is 11.1 Å². The van der Waals surface area contributed by atoms with E-state index in [1.807, 2.05) is 38.9 Å². The first-order valence-electron chi connectivity index (χ1n) is 6.35. The molecule has 108 valence electrons. The molecule has 1 rings (SSSR count). The van der Waals surface area contributed by atoms with Gasteiger partial charge in [0, 0.05) is 18.8 Å². The van der Waals surface area contributed by atoms with Crippen LogP contribution in [0.15, 0.2) is 6.07 Å². The van der Waals surface area contributed by atoms with Gasteiger partial charge < -0.3 is 14.9 Å². The van der Waals surface area contributed by atoms with E-state index in [-0.39, 0.29) is 6.54 Å². The van der Waals surface area contributed by atoms with Gasteiger partial charge in [-0.25, -0.2) is 4.98 Å². The molecule has 0 unspecified atom stereocenters. The zero-order chi connectivity index (χ0) is 15.3. The van der Waals surface area contributed by atoms with Gasteiger partial charge in [0.05, 0.1) is 5.56 Å². The molecule has 0 fully saturated rings. The molecule has 6 heteroatoms. The fourth-order valence-corrected chi connectivity index (χ4v) is 1.93. The van der Waals surface area contributed by atoms with Gasteiger partial charge in [0.2, 0.25) is 0 Å². The van der Waals surface area contributed by atoms with Crippen LogP contribution in [-0.2, 0) is 4.79 Å². The molecule has 1 aromatic heterocycles. The Labute approximate surface area is 119 Å². The molecular weight excluding hydrogens is 256 g/mol. The first-order chi connectivity index (χ1) is 9.35. The Hall–Kier alpha value is -2.13. The first kappa shape index (κ1) is 15.9. The molecule has 0 saturated heterocycles. The molecule has 6 nitrogen and oxygen atoms in total. The molecule has 20 heavy (non-hydrogen) atoms. The van der Waals surface area contributed by atoms with Crippen LogP contribution in [0.4, 0.5) is 5.82 Å². The van der Waals surface area contributed by atoms with Crippen LogP contribution in [0, 0.1) is 25.2 Å². The number of carbonyl (C=O) groups is 1. The van der Waals surface area contributed by atoms with E-state index in [9.17, 15) is 10.1 Å². The number of likely N-dealkylation sites (N-methyl/N-ethyl adjacent to an activating group) is 1. The fourth-order valence-electron chi connectivity index (χ4n) is 1.93. The van der Waals surface area contributed by atoms with Gasteiger partial charge in [0.1, 0.15) is 18.4 Å². The summed E-state index contributed by atoms with van der Waals surface area (Å²) in [5.74, 6) is -0.483. The highest BCUT2D eigenvalue weighted by Gasteiger charge is 2.18. The topological polar surface area (TPSA) is 80.5 Å². The molecule has 0 bridgehead atoms. The smallest absolute Gasteiger partial charge is 0.323 e. The number of aromatic nitrogens is 1. The molecule has 0 aromatic carbocycles. The number of hydrogen-bond acceptors (Lipinski definition) is 5. The van der Waals surface area contributed by atoms with Crippen LogP contribution in [0.2, 0.25) is 0 Å². The Morgan fingerprint density at radius 3 is 2.55 bits per heavy atom. The van der Waals surface area contributed by atoms with Crippen molar-refractivity contribution in [3.63, 3.8) is 0 Å². The van der Waals surface area contributed by atoms with E-state index in [1.54, 1.807) is 4.90 Å². The molecular formula is C14H20N4O2. The van der Waals surface area contributed by atoms with Gasteiger partial charge in [-0.1, -0.05) is 0 Å². The lowest BCUT2D eigenvalue weighted by atomic mass is 10.1. The summed E-state index contributed by atoms with van der Waals surface area (Å²) in [6.07, 6.45) is 0. The molecule has 0 spiro atoms. The molecule has 0 saturated carbocycles. The van der Waals surface area contributed by atoms with E-state index in [0.29, 0.717) is 24.5 Å². The second-order valence-electron chi connectivity index (χ2n) is 5.01. The largest absolute Gasteiger partial charge is 0.480 e. The predicted octanol–water partition coefficient (Wildman–Crippen LogP) is 1.02. The van der Waals surface area contributed by atoms with Crippen LogP contribution in [0.25, 0.3) is 0 Å². The molecule has 0 amide bonds. The molecule has 1 N–H and O–H groups in total. The minimum Gasteiger partial charge on any atom is -0.480 e. The maximum atomic E-state index is 11.0. The van der Waals surface area contributed by atoms with Crippen LogP contribution in [0.1, 0.15) is 16.8 Å². The Bertz CT molecular complexity index is 535. The number of carboxylic acid groups (broad SMARTS) is 1. The summed E-state index contributed by atoms with van der Waals surface area (Å²) in [6, 6.07) is 3.95. The summed E-state index contributed by atoms with van der Waals surface area (Å²) in [4.78, 5) is 19.0. The standard InChI is InChI=1S/C14H20N4O2/c1-10-7-11(2)16-14(12(10)8-15)18(9-13(19)20)6-5-17(3)4/h7H,5-6,9H2,1-4H3,(H,19,20). The van der Waals surface area contributed by atoms with Gasteiger partial charge in [-0.05, 0) is 39.6 Å². The van der Waals surface area contributed by atoms with Crippen molar-refractivity contribution in [1.82, 2.24) is 9.88 Å². The van der Waals surface area contributed by atoms with Crippen molar-refractivity contribution in [3.8, 4) is 6.07 Å². The van der Waals surface area contributed by atoms with E-state index < -0.39 is 5.97 Å². The number of aliphatic carboxylic acids is 1. The molecule has 0 aliphatic rings. The van der Waals surface area contributed by atoms with E-state index in [4.69, 9.17) is 5.11 Å². The van der Waals surface area contributed by atoms with Gasteiger partial charge in [0.25, 0.3) is 0 Å². The highest BCUT2D eigenvalue weighted by Crippen LogP contribution is 2.21. The van der Waals surface area contributed by atoms with E-state index in [1.165, 1.54) is 0 Å². The number of nitrogens with zero attached hydrogens (tertiary/aromatic N) is 4. The summed E-state index contributed by atoms with van der Waals surface area (Å²) < 4.78 is 0. The van der Waals surface area contributed by atoms with Crippen LogP contribution in [0.3, 0.4) is 0 Å². The lowest BCUT2D eigenvalue weighted by Crippen LogP contribution is -2.36. The van der Waals surface area contributed by atoms with Crippen molar-refractivity contribution in [2.24, 2.45) is 0 Å². The van der Waals surface area contributed by atoms with Crippen LogP contribution >= 0.6 is 0 Å². The third-order valence-corrected chi connectivity index (χ3v) is 2.88. The fraction of sp³-hybridized carbons (Fsp3) is 0.500. The second kappa shape index (κ2) is 6.87. The molecule has 1 heterocycles. The Kier molecular flexibility index (Phi) is 5.47. The molecule has 0 aliphatic carbocycles. The normalized spacial score (nSPS) is 10.4. The Morgan fingerprint density at radius 1 is 1.40 bits per heavy atom. The molecule has 0 atom stereocenters. The van der Waals surface area contributed by atoms with Crippen molar-refractivity contribution in [3.05, 3.63) is 22.9 Å². The molecule has 0 radical (unpaired) electrons. The zero-order valence-corrected chi connectivity index (χ0v) is 12.3. The summed E-state index contributed by atoms with van der Waals surface area (Å²) >= 11 is 0. The Balaban J connectivity index is 3.18. The zero-order valence-electron chi connectivity index (χ0n) is 12.3. The van der Waals surface area contributed by atoms with Gasteiger partial charge in [-0.3, -0.25) is 4.79 Å². The number of hydrogen-bond donors (Lipinski definition) is 1. The molecule has 0 aliphatic heterocycles. The van der Waals surface area contributed by atoms with Crippen LogP contribution in [-0.4, -0.2) is 54.7 Å². The minimum atomic E-state index is -0.936. The van der Waals surface area contributed by atoms with Crippen molar-refractivity contribution in [2.75, 3.05) is 38.6 Å². The van der Waals surface area contributed by atoms with Gasteiger partial charge >= 0.3 is 5.97 Å². The lowest BCUT2D eigenvalue weighted by Gasteiger charge is -2.25. The summed E-state index contributed by atoms with van der Waals surface area (Å²) in [5.41, 5.74) is 2.03. The third kappa shape index (κ3) is 4.21. The van der Waals surface area contributed by atoms with Crippen LogP contribution < -0.4 is 4.90 Å². The van der Waals surface area contributed by atoms with Crippen molar-refractivity contribution in [1.29, 1.82) is 5.26 Å². The minimum absolute atomic E-state index is 0.168. The average molecular weight is 276 g/mol. The van der Waals surface area contributed by atoms with Crippen molar-refractivity contribution >= 4 is 11.8 Å². The highest BCUT2D eigenvalue weighted by molar-refractivity contribution is 5.74. The van der Waals surface area contributed by atoms with E-state index >= 15 is 0 Å². The summed E-state index contributed by atoms with van der Waals surface area (Å²) in [5, 5.41) is 18.3. The monoisotopic (exact) mass is 276 g/mol. The number of pyridine rings is 1. The van der Waals surface area contributed by atoms with Gasteiger partial charge in [0.15, 0.2) is 0 Å². The maximum absolute atomic E-state index is 11.0. The van der Waals surface area contributed by atoms with E-state index in [0.717, 1.165) is 11.3 Å². The van der Waals surface area contributed by atoms with Gasteiger partial charge in [-0.15, -0.1) is 0 Å². The highest BCUT2D eigenvalue weighted by atomic mass is 16.4. The summed E-state index contributed by atoms with van der Waals surface area (Å²) in [6.45, 7) is 4.69.